The third kappa shape index (κ3) is 4.70. The lowest BCUT2D eigenvalue weighted by atomic mass is 10.1. The number of allylic oxidation sites excluding steroid dienone is 1. The van der Waals surface area contributed by atoms with Gasteiger partial charge in [0.05, 0.1) is 23.3 Å². The SMILES string of the molecule is C=CCn1c(=O)c2cnc(Nc3cc(C)c(N4CCNCC4)c(Cl)c3)nc2n1-c1ccc(=O)n(C(C)C)n1. The molecule has 0 spiro atoms. The number of aromatic nitrogens is 6. The predicted molar refractivity (Wildman–Crippen MR) is 150 cm³/mol. The molecule has 0 atom stereocenters. The maximum absolute atomic E-state index is 13.2. The number of halogens is 1. The first-order valence-electron chi connectivity index (χ1n) is 12.5. The normalized spacial score (nSPS) is 13.9. The van der Waals surface area contributed by atoms with Crippen molar-refractivity contribution in [1.29, 1.82) is 0 Å². The van der Waals surface area contributed by atoms with Gasteiger partial charge in [-0.3, -0.25) is 9.59 Å². The van der Waals surface area contributed by atoms with Gasteiger partial charge < -0.3 is 15.5 Å². The monoisotopic (exact) mass is 535 g/mol. The number of rotatable bonds is 7. The Hall–Kier alpha value is -3.96. The minimum Gasteiger partial charge on any atom is -0.368 e. The second-order valence-electron chi connectivity index (χ2n) is 9.47. The number of fused-ring (bicyclic) bond motifs is 1. The van der Waals surface area contributed by atoms with E-state index in [1.54, 1.807) is 16.8 Å². The summed E-state index contributed by atoms with van der Waals surface area (Å²) in [5, 5.41) is 12.1. The zero-order valence-corrected chi connectivity index (χ0v) is 22.4. The van der Waals surface area contributed by atoms with E-state index in [0.29, 0.717) is 27.8 Å². The number of anilines is 3. The zero-order chi connectivity index (χ0) is 27.0. The van der Waals surface area contributed by atoms with Crippen LogP contribution in [0.25, 0.3) is 16.9 Å². The van der Waals surface area contributed by atoms with Crippen molar-refractivity contribution in [2.45, 2.75) is 33.4 Å². The Morgan fingerprint density at radius 1 is 1.21 bits per heavy atom. The van der Waals surface area contributed by atoms with Gasteiger partial charge in [-0.1, -0.05) is 17.7 Å². The Morgan fingerprint density at radius 2 is 1.97 bits per heavy atom. The molecule has 38 heavy (non-hydrogen) atoms. The van der Waals surface area contributed by atoms with Crippen LogP contribution >= 0.6 is 11.6 Å². The molecule has 0 unspecified atom stereocenters. The van der Waals surface area contributed by atoms with Gasteiger partial charge in [0.25, 0.3) is 11.1 Å². The first-order valence-corrected chi connectivity index (χ1v) is 12.9. The summed E-state index contributed by atoms with van der Waals surface area (Å²) in [4.78, 5) is 36.9. The largest absolute Gasteiger partial charge is 0.368 e. The second-order valence-corrected chi connectivity index (χ2v) is 9.88. The van der Waals surface area contributed by atoms with Crippen molar-refractivity contribution in [2.75, 3.05) is 36.4 Å². The summed E-state index contributed by atoms with van der Waals surface area (Å²) in [5.74, 6) is 0.681. The van der Waals surface area contributed by atoms with Crippen LogP contribution in [-0.2, 0) is 6.54 Å². The fourth-order valence-corrected chi connectivity index (χ4v) is 5.12. The third-order valence-corrected chi connectivity index (χ3v) is 6.73. The van der Waals surface area contributed by atoms with Crippen molar-refractivity contribution < 1.29 is 0 Å². The average molecular weight is 536 g/mol. The second kappa shape index (κ2) is 10.4. The van der Waals surface area contributed by atoms with Gasteiger partial charge in [-0.05, 0) is 44.5 Å². The van der Waals surface area contributed by atoms with Crippen LogP contribution in [-0.4, -0.2) is 55.3 Å². The molecule has 0 amide bonds. The molecule has 3 aromatic heterocycles. The van der Waals surface area contributed by atoms with E-state index in [9.17, 15) is 9.59 Å². The number of nitrogens with zero attached hydrogens (tertiary/aromatic N) is 7. The van der Waals surface area contributed by atoms with Crippen molar-refractivity contribution in [3.05, 3.63) is 74.4 Å². The number of piperazine rings is 1. The zero-order valence-electron chi connectivity index (χ0n) is 21.6. The Bertz CT molecular complexity index is 1610. The van der Waals surface area contributed by atoms with E-state index >= 15 is 0 Å². The molecule has 0 bridgehead atoms. The molecule has 2 N–H and O–H groups in total. The fraction of sp³-hybridized carbons (Fsp3) is 0.346. The highest BCUT2D eigenvalue weighted by Crippen LogP contribution is 2.34. The van der Waals surface area contributed by atoms with Crippen LogP contribution in [0, 0.1) is 6.92 Å². The molecule has 5 rings (SSSR count). The summed E-state index contributed by atoms with van der Waals surface area (Å²) in [7, 11) is 0. The van der Waals surface area contributed by atoms with E-state index in [0.717, 1.165) is 43.1 Å². The number of hydrogen-bond acceptors (Lipinski definition) is 8. The van der Waals surface area contributed by atoms with Gasteiger partial charge in [0.15, 0.2) is 11.5 Å². The van der Waals surface area contributed by atoms with E-state index in [1.807, 2.05) is 32.9 Å². The fourth-order valence-electron chi connectivity index (χ4n) is 4.73. The van der Waals surface area contributed by atoms with Gasteiger partial charge in [0.2, 0.25) is 5.95 Å². The van der Waals surface area contributed by atoms with Crippen LogP contribution in [0.2, 0.25) is 5.02 Å². The lowest BCUT2D eigenvalue weighted by Crippen LogP contribution is -2.43. The van der Waals surface area contributed by atoms with Crippen LogP contribution in [0.1, 0.15) is 25.5 Å². The lowest BCUT2D eigenvalue weighted by Gasteiger charge is -2.31. The van der Waals surface area contributed by atoms with Crippen LogP contribution in [0.3, 0.4) is 0 Å². The Kier molecular flexibility index (Phi) is 7.04. The van der Waals surface area contributed by atoms with Crippen molar-refractivity contribution in [3.63, 3.8) is 0 Å². The maximum Gasteiger partial charge on any atom is 0.278 e. The lowest BCUT2D eigenvalue weighted by molar-refractivity contribution is 0.486. The quantitative estimate of drug-likeness (QED) is 0.347. The highest BCUT2D eigenvalue weighted by molar-refractivity contribution is 6.33. The molecule has 1 fully saturated rings. The summed E-state index contributed by atoms with van der Waals surface area (Å²) >= 11 is 6.71. The molecule has 0 radical (unpaired) electrons. The minimum atomic E-state index is -0.283. The van der Waals surface area contributed by atoms with Gasteiger partial charge in [0.1, 0.15) is 5.39 Å². The predicted octanol–water partition coefficient (Wildman–Crippen LogP) is 3.02. The van der Waals surface area contributed by atoms with Gasteiger partial charge in [-0.25, -0.2) is 19.0 Å². The standard InChI is InChI=1S/C26H30ClN9O2/c1-5-10-34-25(38)19-15-29-26(31-24(19)36(34)21-6-7-22(37)35(32-21)16(2)3)30-18-13-17(4)23(20(27)14-18)33-11-8-28-9-12-33/h5-7,13-16,28H,1,8-12H2,2-4H3,(H,29,30,31). The van der Waals surface area contributed by atoms with Crippen LogP contribution < -0.4 is 26.7 Å². The van der Waals surface area contributed by atoms with Gasteiger partial charge >= 0.3 is 0 Å². The number of benzene rings is 1. The Balaban J connectivity index is 1.58. The van der Waals surface area contributed by atoms with Crippen LogP contribution in [0.5, 0.6) is 0 Å². The molecule has 4 heterocycles. The summed E-state index contributed by atoms with van der Waals surface area (Å²) in [6.45, 7) is 13.4. The molecular weight excluding hydrogens is 506 g/mol. The Labute approximate surface area is 224 Å². The van der Waals surface area contributed by atoms with Crippen molar-refractivity contribution in [3.8, 4) is 5.82 Å². The topological polar surface area (TPSA) is 115 Å². The molecule has 1 saturated heterocycles. The summed E-state index contributed by atoms with van der Waals surface area (Å²) < 4.78 is 4.43. The smallest absolute Gasteiger partial charge is 0.278 e. The molecule has 4 aromatic rings. The minimum absolute atomic E-state index is 0.159. The average Bonchev–Trinajstić information content (AvgIpc) is 3.15. The number of nitrogens with one attached hydrogen (secondary N) is 2. The summed E-state index contributed by atoms with van der Waals surface area (Å²) in [6, 6.07) is 6.71. The molecular formula is C26H30ClN9O2. The Morgan fingerprint density at radius 3 is 2.66 bits per heavy atom. The van der Waals surface area contributed by atoms with Crippen molar-refractivity contribution in [2.24, 2.45) is 0 Å². The van der Waals surface area contributed by atoms with Gasteiger partial charge in [-0.15, -0.1) is 11.7 Å². The molecule has 11 nitrogen and oxygen atoms in total. The molecule has 12 heteroatoms. The maximum atomic E-state index is 13.2. The van der Waals surface area contributed by atoms with Crippen molar-refractivity contribution >= 4 is 40.0 Å². The van der Waals surface area contributed by atoms with Crippen LogP contribution in [0.15, 0.2) is 52.7 Å². The molecule has 0 saturated carbocycles. The first kappa shape index (κ1) is 25.7. The summed E-state index contributed by atoms with van der Waals surface area (Å²) in [5.41, 5.74) is 2.64. The molecule has 1 aliphatic heterocycles. The first-order chi connectivity index (χ1) is 18.3. The number of hydrogen-bond donors (Lipinski definition) is 2. The van der Waals surface area contributed by atoms with Gasteiger partial charge in [0, 0.05) is 44.1 Å². The van der Waals surface area contributed by atoms with Crippen LogP contribution in [0.4, 0.5) is 17.3 Å². The highest BCUT2D eigenvalue weighted by atomic mass is 35.5. The van der Waals surface area contributed by atoms with E-state index in [1.165, 1.54) is 21.6 Å². The third-order valence-electron chi connectivity index (χ3n) is 6.44. The molecule has 1 aromatic carbocycles. The van der Waals surface area contributed by atoms with E-state index in [2.05, 4.69) is 37.2 Å². The summed E-state index contributed by atoms with van der Waals surface area (Å²) in [6.07, 6.45) is 3.11. The number of aryl methyl sites for hydroxylation is 1. The van der Waals surface area contributed by atoms with E-state index < -0.39 is 0 Å². The van der Waals surface area contributed by atoms with E-state index in [4.69, 9.17) is 11.6 Å². The molecule has 198 valence electrons. The molecule has 0 aliphatic carbocycles. The van der Waals surface area contributed by atoms with Crippen molar-refractivity contribution in [1.82, 2.24) is 34.4 Å². The van der Waals surface area contributed by atoms with Gasteiger partial charge in [-0.2, -0.15) is 4.98 Å². The molecule has 1 aliphatic rings. The van der Waals surface area contributed by atoms with E-state index in [-0.39, 0.29) is 23.7 Å². The highest BCUT2D eigenvalue weighted by Gasteiger charge is 2.20.